The van der Waals surface area contributed by atoms with Crippen molar-refractivity contribution in [3.63, 3.8) is 0 Å². The van der Waals surface area contributed by atoms with E-state index in [1.54, 1.807) is 18.3 Å². The molecular weight excluding hydrogens is 350 g/mol. The first-order valence-corrected chi connectivity index (χ1v) is 9.11. The third kappa shape index (κ3) is 3.56. The van der Waals surface area contributed by atoms with Crippen LogP contribution in [-0.4, -0.2) is 47.4 Å². The van der Waals surface area contributed by atoms with Gasteiger partial charge in [0.05, 0.1) is 18.8 Å². The highest BCUT2D eigenvalue weighted by molar-refractivity contribution is 7.18. The van der Waals surface area contributed by atoms with Crippen molar-refractivity contribution >= 4 is 28.2 Å². The second kappa shape index (κ2) is 7.59. The Morgan fingerprint density at radius 3 is 2.69 bits per heavy atom. The number of nitrogens with zero attached hydrogens (tertiary/aromatic N) is 4. The number of anilines is 2. The van der Waals surface area contributed by atoms with Crippen molar-refractivity contribution in [3.05, 3.63) is 54.2 Å². The van der Waals surface area contributed by atoms with Crippen molar-refractivity contribution < 1.29 is 9.53 Å². The molecule has 0 aliphatic carbocycles. The maximum Gasteiger partial charge on any atom is 0.261 e. The Balaban J connectivity index is 1.53. The van der Waals surface area contributed by atoms with Crippen LogP contribution in [-0.2, 0) is 4.74 Å². The van der Waals surface area contributed by atoms with E-state index in [-0.39, 0.29) is 5.91 Å². The smallest absolute Gasteiger partial charge is 0.261 e. The second-order valence-electron chi connectivity index (χ2n) is 5.71. The molecule has 132 valence electrons. The van der Waals surface area contributed by atoms with Crippen LogP contribution >= 0.6 is 11.3 Å². The molecule has 26 heavy (non-hydrogen) atoms. The molecule has 1 aliphatic heterocycles. The van der Waals surface area contributed by atoms with E-state index in [4.69, 9.17) is 4.74 Å². The molecule has 3 aromatic rings. The van der Waals surface area contributed by atoms with Gasteiger partial charge in [-0.25, -0.2) is 4.98 Å². The van der Waals surface area contributed by atoms with Gasteiger partial charge in [0.2, 0.25) is 5.13 Å². The molecule has 0 bridgehead atoms. The van der Waals surface area contributed by atoms with Crippen molar-refractivity contribution in [1.29, 1.82) is 0 Å². The Kier molecular flexibility index (Phi) is 4.85. The van der Waals surface area contributed by atoms with Gasteiger partial charge in [-0.2, -0.15) is 0 Å². The lowest BCUT2D eigenvalue weighted by Crippen LogP contribution is -2.38. The van der Waals surface area contributed by atoms with Gasteiger partial charge in [-0.15, -0.1) is 10.2 Å². The molecule has 2 aromatic heterocycles. The quantitative estimate of drug-likeness (QED) is 0.764. The third-order valence-electron chi connectivity index (χ3n) is 4.01. The van der Waals surface area contributed by atoms with E-state index in [0.717, 1.165) is 10.6 Å². The van der Waals surface area contributed by atoms with E-state index in [0.29, 0.717) is 42.8 Å². The summed E-state index contributed by atoms with van der Waals surface area (Å²) in [5, 5.41) is 12.3. The zero-order chi connectivity index (χ0) is 17.8. The molecular formula is C18H17N5O2S. The Hall–Kier alpha value is -2.84. The SMILES string of the molecule is O=C(Nc1nnc(-c2ccccc2)s1)c1cccnc1N1CCOCC1. The normalized spacial score (nSPS) is 14.2. The number of hydrogen-bond donors (Lipinski definition) is 1. The average molecular weight is 367 g/mol. The van der Waals surface area contributed by atoms with Gasteiger partial charge in [0.1, 0.15) is 10.8 Å². The minimum Gasteiger partial charge on any atom is -0.378 e. The molecule has 1 amide bonds. The average Bonchev–Trinajstić information content (AvgIpc) is 3.18. The molecule has 1 saturated heterocycles. The van der Waals surface area contributed by atoms with Crippen molar-refractivity contribution in [2.75, 3.05) is 36.5 Å². The van der Waals surface area contributed by atoms with Crippen LogP contribution in [0.15, 0.2) is 48.7 Å². The fraction of sp³-hybridized carbons (Fsp3) is 0.222. The molecule has 0 atom stereocenters. The van der Waals surface area contributed by atoms with E-state index >= 15 is 0 Å². The lowest BCUT2D eigenvalue weighted by Gasteiger charge is -2.28. The number of ether oxygens (including phenoxy) is 1. The van der Waals surface area contributed by atoms with Crippen molar-refractivity contribution in [1.82, 2.24) is 15.2 Å². The lowest BCUT2D eigenvalue weighted by atomic mass is 10.2. The van der Waals surface area contributed by atoms with Crippen LogP contribution in [0.25, 0.3) is 10.6 Å². The molecule has 0 spiro atoms. The standard InChI is InChI=1S/C18H17N5O2S/c24-16(14-7-4-8-19-15(14)23-9-11-25-12-10-23)20-18-22-21-17(26-18)13-5-2-1-3-6-13/h1-8H,9-12H2,(H,20,22,24). The van der Waals surface area contributed by atoms with Gasteiger partial charge in [-0.3, -0.25) is 10.1 Å². The summed E-state index contributed by atoms with van der Waals surface area (Å²) in [6.45, 7) is 2.70. The highest BCUT2D eigenvalue weighted by Gasteiger charge is 2.20. The molecule has 4 rings (SSSR count). The van der Waals surface area contributed by atoms with E-state index in [1.165, 1.54) is 11.3 Å². The third-order valence-corrected chi connectivity index (χ3v) is 4.90. The molecule has 0 unspecified atom stereocenters. The number of benzene rings is 1. The van der Waals surface area contributed by atoms with Crippen LogP contribution in [0, 0.1) is 0 Å². The Labute approximate surface area is 154 Å². The summed E-state index contributed by atoms with van der Waals surface area (Å²) in [5.41, 5.74) is 1.49. The van der Waals surface area contributed by atoms with Crippen LogP contribution in [0.3, 0.4) is 0 Å². The molecule has 8 heteroatoms. The van der Waals surface area contributed by atoms with Crippen LogP contribution in [0.2, 0.25) is 0 Å². The molecule has 1 aliphatic rings. The first-order valence-electron chi connectivity index (χ1n) is 8.29. The summed E-state index contributed by atoms with van der Waals surface area (Å²) >= 11 is 1.34. The molecule has 1 N–H and O–H groups in total. The topological polar surface area (TPSA) is 80.2 Å². The van der Waals surface area contributed by atoms with Gasteiger partial charge in [0, 0.05) is 24.8 Å². The number of nitrogens with one attached hydrogen (secondary N) is 1. The summed E-state index contributed by atoms with van der Waals surface area (Å²) in [5.74, 6) is 0.427. The molecule has 3 heterocycles. The highest BCUT2D eigenvalue weighted by atomic mass is 32.1. The first kappa shape index (κ1) is 16.6. The maximum absolute atomic E-state index is 12.8. The zero-order valence-electron chi connectivity index (χ0n) is 14.0. The first-order chi connectivity index (χ1) is 12.8. The number of carbonyl (C=O) groups is 1. The molecule has 1 aromatic carbocycles. The van der Waals surface area contributed by atoms with E-state index in [1.807, 2.05) is 30.3 Å². The van der Waals surface area contributed by atoms with Gasteiger partial charge in [-0.1, -0.05) is 41.7 Å². The van der Waals surface area contributed by atoms with Crippen LogP contribution < -0.4 is 10.2 Å². The van der Waals surface area contributed by atoms with Crippen LogP contribution in [0.4, 0.5) is 10.9 Å². The van der Waals surface area contributed by atoms with Gasteiger partial charge in [0.25, 0.3) is 5.91 Å². The summed E-state index contributed by atoms with van der Waals surface area (Å²) in [7, 11) is 0. The fourth-order valence-electron chi connectivity index (χ4n) is 2.74. The van der Waals surface area contributed by atoms with Crippen molar-refractivity contribution in [3.8, 4) is 10.6 Å². The lowest BCUT2D eigenvalue weighted by molar-refractivity contribution is 0.102. The number of carbonyl (C=O) groups excluding carboxylic acids is 1. The monoisotopic (exact) mass is 367 g/mol. The minimum absolute atomic E-state index is 0.240. The number of morpholine rings is 1. The number of aromatic nitrogens is 3. The number of amides is 1. The van der Waals surface area contributed by atoms with E-state index < -0.39 is 0 Å². The predicted molar refractivity (Wildman–Crippen MR) is 101 cm³/mol. The summed E-state index contributed by atoms with van der Waals surface area (Å²) < 4.78 is 5.38. The summed E-state index contributed by atoms with van der Waals surface area (Å²) in [6, 6.07) is 13.3. The predicted octanol–water partition coefficient (Wildman–Crippen LogP) is 2.69. The summed E-state index contributed by atoms with van der Waals surface area (Å²) in [6.07, 6.45) is 1.69. The second-order valence-corrected chi connectivity index (χ2v) is 6.68. The van der Waals surface area contributed by atoms with Crippen molar-refractivity contribution in [2.24, 2.45) is 0 Å². The Morgan fingerprint density at radius 2 is 1.88 bits per heavy atom. The van der Waals surface area contributed by atoms with E-state index in [2.05, 4.69) is 25.4 Å². The molecule has 0 saturated carbocycles. The Bertz CT molecular complexity index is 893. The van der Waals surface area contributed by atoms with Gasteiger partial charge in [0.15, 0.2) is 0 Å². The van der Waals surface area contributed by atoms with Gasteiger partial charge >= 0.3 is 0 Å². The highest BCUT2D eigenvalue weighted by Crippen LogP contribution is 2.27. The number of hydrogen-bond acceptors (Lipinski definition) is 7. The van der Waals surface area contributed by atoms with Crippen LogP contribution in [0.5, 0.6) is 0 Å². The minimum atomic E-state index is -0.240. The maximum atomic E-state index is 12.8. The van der Waals surface area contributed by atoms with E-state index in [9.17, 15) is 4.79 Å². The molecule has 7 nitrogen and oxygen atoms in total. The van der Waals surface area contributed by atoms with Crippen LogP contribution in [0.1, 0.15) is 10.4 Å². The molecule has 1 fully saturated rings. The fourth-order valence-corrected chi connectivity index (χ4v) is 3.48. The van der Waals surface area contributed by atoms with Gasteiger partial charge in [-0.05, 0) is 12.1 Å². The zero-order valence-corrected chi connectivity index (χ0v) is 14.8. The molecule has 0 radical (unpaired) electrons. The van der Waals surface area contributed by atoms with Crippen molar-refractivity contribution in [2.45, 2.75) is 0 Å². The number of pyridine rings is 1. The summed E-state index contributed by atoms with van der Waals surface area (Å²) in [4.78, 5) is 19.2. The largest absolute Gasteiger partial charge is 0.378 e. The number of rotatable bonds is 4. The Morgan fingerprint density at radius 1 is 1.08 bits per heavy atom. The van der Waals surface area contributed by atoms with Gasteiger partial charge < -0.3 is 9.64 Å².